The molecule has 0 aliphatic heterocycles. The summed E-state index contributed by atoms with van der Waals surface area (Å²) in [6.45, 7) is 8.90. The van der Waals surface area contributed by atoms with Gasteiger partial charge in [0.15, 0.2) is 0 Å². The number of carbonyl (C=O) groups excluding carboxylic acids is 1. The summed E-state index contributed by atoms with van der Waals surface area (Å²) in [5.41, 5.74) is 3.50. The van der Waals surface area contributed by atoms with E-state index < -0.39 is 0 Å². The first kappa shape index (κ1) is 14.7. The number of hydrogen-bond acceptors (Lipinski definition) is 2. The van der Waals surface area contributed by atoms with Crippen molar-refractivity contribution in [2.45, 2.75) is 47.0 Å². The van der Waals surface area contributed by atoms with E-state index in [-0.39, 0.29) is 11.8 Å². The van der Waals surface area contributed by atoms with Gasteiger partial charge in [0, 0.05) is 25.2 Å². The molecule has 0 saturated heterocycles. The van der Waals surface area contributed by atoms with Gasteiger partial charge in [0.05, 0.1) is 5.69 Å². The van der Waals surface area contributed by atoms with Crippen molar-refractivity contribution in [3.05, 3.63) is 17.0 Å². The highest BCUT2D eigenvalue weighted by atomic mass is 16.1. The SMILES string of the molecule is CCC(CC)C(=O)NCCc1c(C)nn(C)c1C. The Morgan fingerprint density at radius 2 is 1.94 bits per heavy atom. The van der Waals surface area contributed by atoms with Crippen molar-refractivity contribution in [2.75, 3.05) is 6.54 Å². The smallest absolute Gasteiger partial charge is 0.223 e. The predicted molar refractivity (Wildman–Crippen MR) is 73.5 cm³/mol. The van der Waals surface area contributed by atoms with Crippen molar-refractivity contribution >= 4 is 5.91 Å². The van der Waals surface area contributed by atoms with Gasteiger partial charge >= 0.3 is 0 Å². The molecule has 0 aliphatic rings. The largest absolute Gasteiger partial charge is 0.356 e. The maximum absolute atomic E-state index is 11.8. The third-order valence-electron chi connectivity index (χ3n) is 3.69. The Bertz CT molecular complexity index is 405. The van der Waals surface area contributed by atoms with Crippen LogP contribution in [0.5, 0.6) is 0 Å². The molecule has 0 fully saturated rings. The van der Waals surface area contributed by atoms with E-state index in [4.69, 9.17) is 0 Å². The molecule has 0 aromatic carbocycles. The van der Waals surface area contributed by atoms with E-state index in [0.29, 0.717) is 6.54 Å². The van der Waals surface area contributed by atoms with Gasteiger partial charge in [0.25, 0.3) is 0 Å². The molecule has 0 aliphatic carbocycles. The second kappa shape index (κ2) is 6.57. The average Bonchev–Trinajstić information content (AvgIpc) is 2.57. The summed E-state index contributed by atoms with van der Waals surface area (Å²) in [5, 5.41) is 7.40. The van der Waals surface area contributed by atoms with Crippen LogP contribution in [0.2, 0.25) is 0 Å². The van der Waals surface area contributed by atoms with Crippen molar-refractivity contribution in [3.8, 4) is 0 Å². The molecule has 4 heteroatoms. The van der Waals surface area contributed by atoms with Crippen molar-refractivity contribution in [2.24, 2.45) is 13.0 Å². The predicted octanol–water partition coefficient (Wildman–Crippen LogP) is 2.13. The van der Waals surface area contributed by atoms with Gasteiger partial charge in [-0.05, 0) is 38.7 Å². The minimum absolute atomic E-state index is 0.154. The van der Waals surface area contributed by atoms with Gasteiger partial charge in [0.2, 0.25) is 5.91 Å². The average molecular weight is 251 g/mol. The van der Waals surface area contributed by atoms with E-state index in [9.17, 15) is 4.79 Å². The number of hydrogen-bond donors (Lipinski definition) is 1. The van der Waals surface area contributed by atoms with Crippen LogP contribution >= 0.6 is 0 Å². The van der Waals surface area contributed by atoms with Gasteiger partial charge in [-0.15, -0.1) is 0 Å². The Morgan fingerprint density at radius 1 is 1.33 bits per heavy atom. The number of rotatable bonds is 6. The molecule has 4 nitrogen and oxygen atoms in total. The van der Waals surface area contributed by atoms with Crippen LogP contribution in [-0.4, -0.2) is 22.2 Å². The summed E-state index contributed by atoms with van der Waals surface area (Å²) < 4.78 is 1.90. The standard InChI is InChI=1S/C14H25N3O/c1-6-12(7-2)14(18)15-9-8-13-10(3)16-17(5)11(13)4/h12H,6-9H2,1-5H3,(H,15,18). The van der Waals surface area contributed by atoms with E-state index in [1.807, 2.05) is 18.7 Å². The maximum atomic E-state index is 11.8. The van der Waals surface area contributed by atoms with Crippen molar-refractivity contribution in [1.29, 1.82) is 0 Å². The Balaban J connectivity index is 2.49. The number of aromatic nitrogens is 2. The van der Waals surface area contributed by atoms with Crippen LogP contribution in [0.4, 0.5) is 0 Å². The number of carbonyl (C=O) groups is 1. The molecular weight excluding hydrogens is 226 g/mol. The lowest BCUT2D eigenvalue weighted by molar-refractivity contribution is -0.125. The molecule has 0 bridgehead atoms. The number of amides is 1. The van der Waals surface area contributed by atoms with E-state index in [0.717, 1.165) is 25.0 Å². The first-order chi connectivity index (χ1) is 8.51. The lowest BCUT2D eigenvalue weighted by atomic mass is 10.0. The summed E-state index contributed by atoms with van der Waals surface area (Å²) in [7, 11) is 1.95. The fraction of sp³-hybridized carbons (Fsp3) is 0.714. The molecule has 0 saturated carbocycles. The second-order valence-electron chi connectivity index (χ2n) is 4.83. The maximum Gasteiger partial charge on any atom is 0.223 e. The summed E-state index contributed by atoms with van der Waals surface area (Å²) in [6, 6.07) is 0. The second-order valence-corrected chi connectivity index (χ2v) is 4.83. The van der Waals surface area contributed by atoms with E-state index >= 15 is 0 Å². The fourth-order valence-corrected chi connectivity index (χ4v) is 2.29. The molecular formula is C14H25N3O. The number of nitrogens with one attached hydrogen (secondary N) is 1. The van der Waals surface area contributed by atoms with Crippen molar-refractivity contribution in [3.63, 3.8) is 0 Å². The topological polar surface area (TPSA) is 46.9 Å². The van der Waals surface area contributed by atoms with Crippen LogP contribution in [0.1, 0.15) is 43.6 Å². The molecule has 1 aromatic rings. The highest BCUT2D eigenvalue weighted by molar-refractivity contribution is 5.78. The molecule has 0 spiro atoms. The van der Waals surface area contributed by atoms with Gasteiger partial charge in [0.1, 0.15) is 0 Å². The van der Waals surface area contributed by atoms with Crippen LogP contribution in [0, 0.1) is 19.8 Å². The quantitative estimate of drug-likeness (QED) is 0.842. The molecule has 1 amide bonds. The molecule has 18 heavy (non-hydrogen) atoms. The van der Waals surface area contributed by atoms with Crippen molar-refractivity contribution in [1.82, 2.24) is 15.1 Å². The molecule has 0 unspecified atom stereocenters. The molecule has 0 radical (unpaired) electrons. The Labute approximate surface area is 110 Å². The molecule has 1 N–H and O–H groups in total. The molecule has 1 rings (SSSR count). The minimum atomic E-state index is 0.154. The highest BCUT2D eigenvalue weighted by Crippen LogP contribution is 2.12. The zero-order valence-corrected chi connectivity index (χ0v) is 12.2. The highest BCUT2D eigenvalue weighted by Gasteiger charge is 2.14. The lowest BCUT2D eigenvalue weighted by Crippen LogP contribution is -2.31. The summed E-state index contributed by atoms with van der Waals surface area (Å²) in [6.07, 6.45) is 2.68. The molecule has 0 atom stereocenters. The van der Waals surface area contributed by atoms with Gasteiger partial charge < -0.3 is 5.32 Å². The van der Waals surface area contributed by atoms with E-state index in [2.05, 4.69) is 31.2 Å². The Kier molecular flexibility index (Phi) is 5.38. The minimum Gasteiger partial charge on any atom is -0.356 e. The van der Waals surface area contributed by atoms with Gasteiger partial charge in [-0.1, -0.05) is 13.8 Å². The lowest BCUT2D eigenvalue weighted by Gasteiger charge is -2.12. The van der Waals surface area contributed by atoms with Crippen LogP contribution in [0.15, 0.2) is 0 Å². The van der Waals surface area contributed by atoms with Gasteiger partial charge in [-0.2, -0.15) is 5.10 Å². The van der Waals surface area contributed by atoms with Crippen molar-refractivity contribution < 1.29 is 4.79 Å². The Morgan fingerprint density at radius 3 is 2.39 bits per heavy atom. The molecule has 1 heterocycles. The van der Waals surface area contributed by atoms with Gasteiger partial charge in [-0.3, -0.25) is 9.48 Å². The summed E-state index contributed by atoms with van der Waals surface area (Å²) in [5.74, 6) is 0.334. The van der Waals surface area contributed by atoms with E-state index in [1.54, 1.807) is 0 Å². The number of aryl methyl sites for hydroxylation is 2. The van der Waals surface area contributed by atoms with Crippen LogP contribution < -0.4 is 5.32 Å². The monoisotopic (exact) mass is 251 g/mol. The molecule has 1 aromatic heterocycles. The number of nitrogens with zero attached hydrogens (tertiary/aromatic N) is 2. The van der Waals surface area contributed by atoms with Crippen LogP contribution in [-0.2, 0) is 18.3 Å². The zero-order chi connectivity index (χ0) is 13.7. The van der Waals surface area contributed by atoms with Gasteiger partial charge in [-0.25, -0.2) is 0 Å². The van der Waals surface area contributed by atoms with Crippen LogP contribution in [0.3, 0.4) is 0 Å². The normalized spacial score (nSPS) is 11.0. The third-order valence-corrected chi connectivity index (χ3v) is 3.69. The third kappa shape index (κ3) is 3.34. The first-order valence-corrected chi connectivity index (χ1v) is 6.78. The summed E-state index contributed by atoms with van der Waals surface area (Å²) in [4.78, 5) is 11.8. The Hall–Kier alpha value is -1.32. The molecule has 102 valence electrons. The van der Waals surface area contributed by atoms with E-state index in [1.165, 1.54) is 11.3 Å². The first-order valence-electron chi connectivity index (χ1n) is 6.78. The van der Waals surface area contributed by atoms with Crippen LogP contribution in [0.25, 0.3) is 0 Å². The summed E-state index contributed by atoms with van der Waals surface area (Å²) >= 11 is 0. The fourth-order valence-electron chi connectivity index (χ4n) is 2.29. The zero-order valence-electron chi connectivity index (χ0n) is 12.2.